The van der Waals surface area contributed by atoms with E-state index in [2.05, 4.69) is 20.2 Å². The molecule has 0 aliphatic carbocycles. The van der Waals surface area contributed by atoms with E-state index < -0.39 is 15.6 Å². The van der Waals surface area contributed by atoms with Crippen LogP contribution in [-0.4, -0.2) is 25.2 Å². The lowest BCUT2D eigenvalue weighted by molar-refractivity contribution is 0.601. The van der Waals surface area contributed by atoms with Crippen molar-refractivity contribution in [3.8, 4) is 0 Å². The SMILES string of the molecule is CCNCc1ccc(S(=O)(=O)Nc2ccc(=O)[nH]n2)cc1. The Balaban J connectivity index is 2.15. The zero-order chi connectivity index (χ0) is 15.3. The fourth-order valence-corrected chi connectivity index (χ4v) is 2.65. The summed E-state index contributed by atoms with van der Waals surface area (Å²) in [5.74, 6) is 0.0614. The van der Waals surface area contributed by atoms with Crippen LogP contribution in [-0.2, 0) is 16.6 Å². The highest BCUT2D eigenvalue weighted by Crippen LogP contribution is 2.14. The second kappa shape index (κ2) is 6.51. The summed E-state index contributed by atoms with van der Waals surface area (Å²) in [7, 11) is -3.72. The molecule has 0 amide bonds. The molecule has 7 nitrogen and oxygen atoms in total. The number of nitrogens with one attached hydrogen (secondary N) is 3. The lowest BCUT2D eigenvalue weighted by Gasteiger charge is -2.08. The van der Waals surface area contributed by atoms with Gasteiger partial charge < -0.3 is 5.32 Å². The summed E-state index contributed by atoms with van der Waals surface area (Å²) < 4.78 is 26.6. The number of nitrogens with zero attached hydrogens (tertiary/aromatic N) is 1. The minimum atomic E-state index is -3.72. The molecule has 0 saturated carbocycles. The topological polar surface area (TPSA) is 104 Å². The van der Waals surface area contributed by atoms with Gasteiger partial charge in [-0.25, -0.2) is 13.5 Å². The summed E-state index contributed by atoms with van der Waals surface area (Å²) in [5.41, 5.74) is 0.601. The van der Waals surface area contributed by atoms with Gasteiger partial charge in [-0.1, -0.05) is 19.1 Å². The summed E-state index contributed by atoms with van der Waals surface area (Å²) in [6.45, 7) is 3.53. The summed E-state index contributed by atoms with van der Waals surface area (Å²) in [6, 6.07) is 9.05. The van der Waals surface area contributed by atoms with Crippen molar-refractivity contribution in [2.45, 2.75) is 18.4 Å². The van der Waals surface area contributed by atoms with Crippen LogP contribution >= 0.6 is 0 Å². The third kappa shape index (κ3) is 4.14. The number of sulfonamides is 1. The number of H-pyrrole nitrogens is 1. The van der Waals surface area contributed by atoms with Crippen LogP contribution in [0.2, 0.25) is 0 Å². The highest BCUT2D eigenvalue weighted by atomic mass is 32.2. The second-order valence-electron chi connectivity index (χ2n) is 4.34. The molecule has 0 radical (unpaired) electrons. The molecule has 3 N–H and O–H groups in total. The maximum Gasteiger partial charge on any atom is 0.264 e. The number of benzene rings is 1. The lowest BCUT2D eigenvalue weighted by Crippen LogP contribution is -2.16. The highest BCUT2D eigenvalue weighted by Gasteiger charge is 2.14. The van der Waals surface area contributed by atoms with Crippen LogP contribution in [0, 0.1) is 0 Å². The van der Waals surface area contributed by atoms with E-state index in [9.17, 15) is 13.2 Å². The van der Waals surface area contributed by atoms with Crippen LogP contribution < -0.4 is 15.6 Å². The van der Waals surface area contributed by atoms with Crippen molar-refractivity contribution in [1.82, 2.24) is 15.5 Å². The number of hydrogen-bond donors (Lipinski definition) is 3. The Hall–Kier alpha value is -2.19. The number of hydrogen-bond acceptors (Lipinski definition) is 5. The van der Waals surface area contributed by atoms with Crippen molar-refractivity contribution in [1.29, 1.82) is 0 Å². The maximum atomic E-state index is 12.2. The maximum absolute atomic E-state index is 12.2. The molecule has 0 saturated heterocycles. The van der Waals surface area contributed by atoms with Crippen LogP contribution in [0.15, 0.2) is 46.1 Å². The Kier molecular flexibility index (Phi) is 4.71. The quantitative estimate of drug-likeness (QED) is 0.728. The van der Waals surface area contributed by atoms with Crippen molar-refractivity contribution in [2.75, 3.05) is 11.3 Å². The van der Waals surface area contributed by atoms with E-state index >= 15 is 0 Å². The van der Waals surface area contributed by atoms with Gasteiger partial charge >= 0.3 is 0 Å². The largest absolute Gasteiger partial charge is 0.313 e. The Morgan fingerprint density at radius 2 is 1.86 bits per heavy atom. The minimum Gasteiger partial charge on any atom is -0.313 e. The smallest absolute Gasteiger partial charge is 0.264 e. The monoisotopic (exact) mass is 308 g/mol. The number of anilines is 1. The van der Waals surface area contributed by atoms with Gasteiger partial charge in [-0.2, -0.15) is 5.10 Å². The molecule has 0 unspecified atom stereocenters. The molecule has 21 heavy (non-hydrogen) atoms. The molecular formula is C13H16N4O3S. The molecule has 0 atom stereocenters. The van der Waals surface area contributed by atoms with Crippen LogP contribution in [0.5, 0.6) is 0 Å². The number of aromatic amines is 1. The van der Waals surface area contributed by atoms with Gasteiger partial charge in [0.2, 0.25) is 0 Å². The van der Waals surface area contributed by atoms with Gasteiger partial charge in [0.1, 0.15) is 0 Å². The van der Waals surface area contributed by atoms with Crippen LogP contribution in [0.4, 0.5) is 5.82 Å². The molecule has 0 spiro atoms. The predicted molar refractivity (Wildman–Crippen MR) is 79.5 cm³/mol. The molecule has 1 heterocycles. The van der Waals surface area contributed by atoms with Crippen LogP contribution in [0.3, 0.4) is 0 Å². The first-order valence-electron chi connectivity index (χ1n) is 6.39. The highest BCUT2D eigenvalue weighted by molar-refractivity contribution is 7.92. The Labute approximate surface area is 122 Å². The van der Waals surface area contributed by atoms with Gasteiger partial charge in [0.05, 0.1) is 4.90 Å². The number of aromatic nitrogens is 2. The molecule has 1 aromatic heterocycles. The molecule has 1 aromatic carbocycles. The molecule has 112 valence electrons. The minimum absolute atomic E-state index is 0.0614. The van der Waals surface area contributed by atoms with E-state index in [1.165, 1.54) is 24.3 Å². The van der Waals surface area contributed by atoms with Crippen LogP contribution in [0.1, 0.15) is 12.5 Å². The van der Waals surface area contributed by atoms with Crippen molar-refractivity contribution in [2.24, 2.45) is 0 Å². The zero-order valence-corrected chi connectivity index (χ0v) is 12.3. The molecule has 0 bridgehead atoms. The normalized spacial score (nSPS) is 11.3. The first kappa shape index (κ1) is 15.2. The molecule has 0 aliphatic rings. The average molecular weight is 308 g/mol. The van der Waals surface area contributed by atoms with E-state index in [0.717, 1.165) is 12.1 Å². The van der Waals surface area contributed by atoms with Crippen molar-refractivity contribution >= 4 is 15.8 Å². The summed E-state index contributed by atoms with van der Waals surface area (Å²) in [5, 5.41) is 8.93. The fraction of sp³-hybridized carbons (Fsp3) is 0.231. The Bertz CT molecular complexity index is 733. The van der Waals surface area contributed by atoms with E-state index in [0.29, 0.717) is 6.54 Å². The molecule has 2 aromatic rings. The zero-order valence-electron chi connectivity index (χ0n) is 11.5. The van der Waals surface area contributed by atoms with Crippen LogP contribution in [0.25, 0.3) is 0 Å². The van der Waals surface area contributed by atoms with Crippen molar-refractivity contribution in [3.05, 3.63) is 52.3 Å². The van der Waals surface area contributed by atoms with Gasteiger partial charge in [0.15, 0.2) is 5.82 Å². The molecular weight excluding hydrogens is 292 g/mol. The average Bonchev–Trinajstić information content (AvgIpc) is 2.48. The van der Waals surface area contributed by atoms with E-state index in [1.54, 1.807) is 12.1 Å². The van der Waals surface area contributed by atoms with Gasteiger partial charge in [0.25, 0.3) is 15.6 Å². The first-order valence-corrected chi connectivity index (χ1v) is 7.88. The third-order valence-corrected chi connectivity index (χ3v) is 4.10. The van der Waals surface area contributed by atoms with Crippen molar-refractivity contribution < 1.29 is 8.42 Å². The van der Waals surface area contributed by atoms with E-state index in [4.69, 9.17) is 0 Å². The fourth-order valence-electron chi connectivity index (χ4n) is 1.65. The second-order valence-corrected chi connectivity index (χ2v) is 6.02. The van der Waals surface area contributed by atoms with Gasteiger partial charge in [-0.05, 0) is 30.3 Å². The summed E-state index contributed by atoms with van der Waals surface area (Å²) in [6.07, 6.45) is 0. The van der Waals surface area contributed by atoms with Gasteiger partial charge in [0, 0.05) is 12.6 Å². The summed E-state index contributed by atoms with van der Waals surface area (Å²) in [4.78, 5) is 11.0. The third-order valence-electron chi connectivity index (χ3n) is 2.73. The standard InChI is InChI=1S/C13H16N4O3S/c1-2-14-9-10-3-5-11(6-4-10)21(19,20)17-12-7-8-13(18)16-15-12/h3-8,14H,2,9H2,1H3,(H,15,17)(H,16,18). The van der Waals surface area contributed by atoms with Crippen molar-refractivity contribution in [3.63, 3.8) is 0 Å². The summed E-state index contributed by atoms with van der Waals surface area (Å²) >= 11 is 0. The molecule has 0 aliphatic heterocycles. The molecule has 8 heteroatoms. The Morgan fingerprint density at radius 1 is 1.14 bits per heavy atom. The molecule has 0 fully saturated rings. The van der Waals surface area contributed by atoms with Gasteiger partial charge in [-0.15, -0.1) is 0 Å². The van der Waals surface area contributed by atoms with E-state index in [-0.39, 0.29) is 10.7 Å². The predicted octanol–water partition coefficient (Wildman–Crippen LogP) is 0.680. The molecule has 2 rings (SSSR count). The van der Waals surface area contributed by atoms with Gasteiger partial charge in [-0.3, -0.25) is 9.52 Å². The Morgan fingerprint density at radius 3 is 2.43 bits per heavy atom. The lowest BCUT2D eigenvalue weighted by atomic mass is 10.2. The first-order chi connectivity index (χ1) is 10.0. The number of rotatable bonds is 6. The van der Waals surface area contributed by atoms with E-state index in [1.807, 2.05) is 6.92 Å².